The van der Waals surface area contributed by atoms with E-state index < -0.39 is 0 Å². The molecule has 2 aromatic heterocycles. The maximum atomic E-state index is 12.8. The van der Waals surface area contributed by atoms with Crippen molar-refractivity contribution in [2.75, 3.05) is 26.2 Å². The number of rotatable bonds is 13. The van der Waals surface area contributed by atoms with Gasteiger partial charge in [0, 0.05) is 31.4 Å². The molecular formula is C22H33N5O3. The molecule has 8 heteroatoms. The van der Waals surface area contributed by atoms with E-state index in [1.807, 2.05) is 6.92 Å². The average molecular weight is 416 g/mol. The van der Waals surface area contributed by atoms with E-state index in [0.29, 0.717) is 5.76 Å². The number of aromatic nitrogens is 2. The maximum Gasteiger partial charge on any atom is 0.274 e. The highest BCUT2D eigenvalue weighted by atomic mass is 16.3. The first-order valence-electron chi connectivity index (χ1n) is 10.6. The molecule has 30 heavy (non-hydrogen) atoms. The van der Waals surface area contributed by atoms with Crippen LogP contribution < -0.4 is 5.32 Å². The molecule has 0 radical (unpaired) electrons. The Morgan fingerprint density at radius 2 is 2.00 bits per heavy atom. The Morgan fingerprint density at radius 3 is 2.63 bits per heavy atom. The van der Waals surface area contributed by atoms with Crippen LogP contribution in [0, 0.1) is 0 Å². The van der Waals surface area contributed by atoms with Gasteiger partial charge in [0.1, 0.15) is 11.5 Å². The first-order valence-corrected chi connectivity index (χ1v) is 10.6. The fraction of sp³-hybridized carbons (Fsp3) is 0.545. The van der Waals surface area contributed by atoms with E-state index in [1.165, 1.54) is 18.6 Å². The van der Waals surface area contributed by atoms with Gasteiger partial charge < -0.3 is 19.5 Å². The first kappa shape index (κ1) is 23.5. The van der Waals surface area contributed by atoms with Gasteiger partial charge in [0.25, 0.3) is 5.91 Å². The number of furan rings is 1. The van der Waals surface area contributed by atoms with Crippen molar-refractivity contribution in [3.05, 3.63) is 48.4 Å². The Balaban J connectivity index is 1.85. The van der Waals surface area contributed by atoms with Gasteiger partial charge in [-0.15, -0.1) is 0 Å². The van der Waals surface area contributed by atoms with Crippen LogP contribution in [-0.2, 0) is 11.3 Å². The SMILES string of the molecule is CCN(CC)CCCC(C)NC(=O)CCN(Cc1ccco1)C(=O)c1cnccn1. The third-order valence-electron chi connectivity index (χ3n) is 5.02. The third kappa shape index (κ3) is 7.94. The smallest absolute Gasteiger partial charge is 0.274 e. The van der Waals surface area contributed by atoms with Gasteiger partial charge in [-0.2, -0.15) is 0 Å². The Hall–Kier alpha value is -2.74. The van der Waals surface area contributed by atoms with Crippen LogP contribution in [0.1, 0.15) is 56.3 Å². The average Bonchev–Trinajstić information content (AvgIpc) is 3.27. The molecule has 0 spiro atoms. The van der Waals surface area contributed by atoms with Gasteiger partial charge >= 0.3 is 0 Å². The van der Waals surface area contributed by atoms with E-state index in [0.717, 1.165) is 32.5 Å². The van der Waals surface area contributed by atoms with Gasteiger partial charge in [-0.25, -0.2) is 4.98 Å². The van der Waals surface area contributed by atoms with Crippen LogP contribution in [0.3, 0.4) is 0 Å². The van der Waals surface area contributed by atoms with E-state index >= 15 is 0 Å². The lowest BCUT2D eigenvalue weighted by atomic mass is 10.1. The highest BCUT2D eigenvalue weighted by molar-refractivity contribution is 5.92. The highest BCUT2D eigenvalue weighted by Gasteiger charge is 2.20. The van der Waals surface area contributed by atoms with Crippen molar-refractivity contribution in [3.8, 4) is 0 Å². The molecule has 0 saturated carbocycles. The Kier molecular flexibility index (Phi) is 10.00. The zero-order chi connectivity index (χ0) is 21.8. The zero-order valence-electron chi connectivity index (χ0n) is 18.2. The molecule has 2 amide bonds. The van der Waals surface area contributed by atoms with Crippen LogP contribution >= 0.6 is 0 Å². The number of amides is 2. The Morgan fingerprint density at radius 1 is 1.20 bits per heavy atom. The van der Waals surface area contributed by atoms with Crippen LogP contribution in [-0.4, -0.2) is 63.8 Å². The largest absolute Gasteiger partial charge is 0.467 e. The number of nitrogens with zero attached hydrogens (tertiary/aromatic N) is 4. The molecule has 164 valence electrons. The topological polar surface area (TPSA) is 91.6 Å². The third-order valence-corrected chi connectivity index (χ3v) is 5.02. The molecule has 1 N–H and O–H groups in total. The summed E-state index contributed by atoms with van der Waals surface area (Å²) >= 11 is 0. The zero-order valence-corrected chi connectivity index (χ0v) is 18.2. The minimum absolute atomic E-state index is 0.0678. The molecule has 2 heterocycles. The first-order chi connectivity index (χ1) is 14.5. The van der Waals surface area contributed by atoms with Gasteiger partial charge in [0.15, 0.2) is 0 Å². The minimum atomic E-state index is -0.278. The summed E-state index contributed by atoms with van der Waals surface area (Å²) in [6.45, 7) is 10.0. The van der Waals surface area contributed by atoms with Crippen molar-refractivity contribution >= 4 is 11.8 Å². The van der Waals surface area contributed by atoms with Crippen LogP contribution in [0.4, 0.5) is 0 Å². The number of carbonyl (C=O) groups is 2. The van der Waals surface area contributed by atoms with Crippen molar-refractivity contribution in [1.29, 1.82) is 0 Å². The molecule has 0 saturated heterocycles. The van der Waals surface area contributed by atoms with Gasteiger partial charge in [0.2, 0.25) is 5.91 Å². The summed E-state index contributed by atoms with van der Waals surface area (Å²) in [5, 5.41) is 3.04. The van der Waals surface area contributed by atoms with Gasteiger partial charge in [0.05, 0.1) is 19.0 Å². The lowest BCUT2D eigenvalue weighted by molar-refractivity contribution is -0.122. The lowest BCUT2D eigenvalue weighted by Gasteiger charge is -2.22. The number of nitrogens with one attached hydrogen (secondary N) is 1. The van der Waals surface area contributed by atoms with E-state index in [2.05, 4.69) is 34.0 Å². The number of carbonyl (C=O) groups excluding carboxylic acids is 2. The van der Waals surface area contributed by atoms with Crippen molar-refractivity contribution in [2.45, 2.75) is 52.6 Å². The molecule has 2 aromatic rings. The molecule has 0 aliphatic carbocycles. The monoisotopic (exact) mass is 415 g/mol. The second kappa shape index (κ2) is 12.7. The molecule has 0 fully saturated rings. The highest BCUT2D eigenvalue weighted by Crippen LogP contribution is 2.10. The molecule has 0 aliphatic rings. The summed E-state index contributed by atoms with van der Waals surface area (Å²) in [5.41, 5.74) is 0.245. The second-order valence-electron chi connectivity index (χ2n) is 7.28. The fourth-order valence-electron chi connectivity index (χ4n) is 3.23. The quantitative estimate of drug-likeness (QED) is 0.541. The summed E-state index contributed by atoms with van der Waals surface area (Å²) in [4.78, 5) is 37.2. The molecule has 0 bridgehead atoms. The van der Waals surface area contributed by atoms with Crippen molar-refractivity contribution in [3.63, 3.8) is 0 Å². The minimum Gasteiger partial charge on any atom is -0.467 e. The predicted octanol–water partition coefficient (Wildman–Crippen LogP) is 2.73. The Bertz CT molecular complexity index is 747. The van der Waals surface area contributed by atoms with E-state index in [4.69, 9.17) is 4.42 Å². The molecule has 0 aromatic carbocycles. The van der Waals surface area contributed by atoms with E-state index in [-0.39, 0.29) is 43.1 Å². The van der Waals surface area contributed by atoms with Gasteiger partial charge in [-0.1, -0.05) is 13.8 Å². The summed E-state index contributed by atoms with van der Waals surface area (Å²) in [7, 11) is 0. The normalized spacial score (nSPS) is 12.0. The molecular weight excluding hydrogens is 382 g/mol. The molecule has 1 atom stereocenters. The van der Waals surface area contributed by atoms with Crippen LogP contribution in [0.2, 0.25) is 0 Å². The molecule has 8 nitrogen and oxygen atoms in total. The molecule has 2 rings (SSSR count). The second-order valence-corrected chi connectivity index (χ2v) is 7.28. The molecule has 1 unspecified atom stereocenters. The van der Waals surface area contributed by atoms with E-state index in [1.54, 1.807) is 23.3 Å². The van der Waals surface area contributed by atoms with Crippen molar-refractivity contribution < 1.29 is 14.0 Å². The summed E-state index contributed by atoms with van der Waals surface area (Å²) < 4.78 is 5.37. The van der Waals surface area contributed by atoms with Crippen LogP contribution in [0.25, 0.3) is 0 Å². The number of hydrogen-bond donors (Lipinski definition) is 1. The standard InChI is InChI=1S/C22H33N5O3/c1-4-26(5-2)13-6-8-18(3)25-21(28)10-14-27(17-19-9-7-15-30-19)22(29)20-16-23-11-12-24-20/h7,9,11-12,15-16,18H,4-6,8,10,13-14,17H2,1-3H3,(H,25,28). The van der Waals surface area contributed by atoms with Gasteiger partial charge in [-0.3, -0.25) is 14.6 Å². The van der Waals surface area contributed by atoms with Crippen LogP contribution in [0.15, 0.2) is 41.4 Å². The number of hydrogen-bond acceptors (Lipinski definition) is 6. The fourth-order valence-corrected chi connectivity index (χ4v) is 3.23. The maximum absolute atomic E-state index is 12.8. The summed E-state index contributed by atoms with van der Waals surface area (Å²) in [6.07, 6.45) is 8.17. The van der Waals surface area contributed by atoms with Crippen LogP contribution in [0.5, 0.6) is 0 Å². The van der Waals surface area contributed by atoms with Gasteiger partial charge in [-0.05, 0) is 51.5 Å². The van der Waals surface area contributed by atoms with E-state index in [9.17, 15) is 9.59 Å². The summed E-state index contributed by atoms with van der Waals surface area (Å²) in [6, 6.07) is 3.67. The lowest BCUT2D eigenvalue weighted by Crippen LogP contribution is -2.38. The summed E-state index contributed by atoms with van der Waals surface area (Å²) in [5.74, 6) is 0.304. The Labute approximate surface area is 178 Å². The predicted molar refractivity (Wildman–Crippen MR) is 115 cm³/mol. The van der Waals surface area contributed by atoms with Crippen molar-refractivity contribution in [2.24, 2.45) is 0 Å². The molecule has 0 aliphatic heterocycles. The van der Waals surface area contributed by atoms with Crippen molar-refractivity contribution in [1.82, 2.24) is 25.1 Å².